The van der Waals surface area contributed by atoms with Crippen LogP contribution in [0.5, 0.6) is 0 Å². The molecule has 0 saturated carbocycles. The van der Waals surface area contributed by atoms with Gasteiger partial charge in [0.25, 0.3) is 0 Å². The summed E-state index contributed by atoms with van der Waals surface area (Å²) in [6.07, 6.45) is 0. The van der Waals surface area contributed by atoms with Crippen LogP contribution in [0.4, 0.5) is 0 Å². The van der Waals surface area contributed by atoms with Crippen LogP contribution in [0.1, 0.15) is 0 Å². The van der Waals surface area contributed by atoms with Crippen LogP contribution in [0.3, 0.4) is 0 Å². The van der Waals surface area contributed by atoms with Crippen LogP contribution >= 0.6 is 0 Å². The van der Waals surface area contributed by atoms with Gasteiger partial charge in [0.15, 0.2) is 0 Å². The molecule has 0 rings (SSSR count). The van der Waals surface area contributed by atoms with E-state index in [1.165, 1.54) is 0 Å². The zero-order valence-corrected chi connectivity index (χ0v) is 6.95. The second kappa shape index (κ2) is 3.74. The Morgan fingerprint density at radius 1 is 1.14 bits per heavy atom. The van der Waals surface area contributed by atoms with Crippen LogP contribution < -0.4 is 18.9 Å². The van der Waals surface area contributed by atoms with E-state index in [0.717, 1.165) is 0 Å². The van der Waals surface area contributed by atoms with Crippen molar-refractivity contribution in [3.63, 3.8) is 0 Å². The van der Waals surface area contributed by atoms with Crippen molar-refractivity contribution in [2.75, 3.05) is 7.05 Å². The van der Waals surface area contributed by atoms with Crippen molar-refractivity contribution >= 4 is 8.24 Å². The first kappa shape index (κ1) is 10.7. The first-order chi connectivity index (χ1) is 2.56. The van der Waals surface area contributed by atoms with Gasteiger partial charge in [0.05, 0.1) is 0 Å². The summed E-state index contributed by atoms with van der Waals surface area (Å²) in [5.74, 6) is 0. The van der Waals surface area contributed by atoms with Crippen molar-refractivity contribution in [3.05, 3.63) is 4.98 Å². The predicted octanol–water partition coefficient (Wildman–Crippen LogP) is -1.17. The van der Waals surface area contributed by atoms with E-state index < -0.39 is 8.24 Å². The zero-order valence-electron chi connectivity index (χ0n) is 5.95. The van der Waals surface area contributed by atoms with Crippen LogP contribution in [0.2, 0.25) is 19.6 Å². The Bertz CT molecular complexity index is 41.4. The van der Waals surface area contributed by atoms with Gasteiger partial charge in [-0.25, -0.2) is 0 Å². The topological polar surface area (TPSA) is 14.1 Å². The molecule has 0 aliphatic rings. The molecule has 7 heavy (non-hydrogen) atoms. The normalized spacial score (nSPS) is 10.3. The first-order valence-electron chi connectivity index (χ1n) is 2.17. The van der Waals surface area contributed by atoms with Crippen molar-refractivity contribution in [1.29, 1.82) is 0 Å². The number of rotatable bonds is 1. The van der Waals surface area contributed by atoms with Crippen LogP contribution in [0.15, 0.2) is 0 Å². The van der Waals surface area contributed by atoms with E-state index >= 15 is 0 Å². The van der Waals surface area contributed by atoms with E-state index in [4.69, 9.17) is 0 Å². The molecular formula is C4H12LiNSi. The van der Waals surface area contributed by atoms with E-state index in [1.807, 2.05) is 7.05 Å². The summed E-state index contributed by atoms with van der Waals surface area (Å²) in [6, 6.07) is 0. The Morgan fingerprint density at radius 3 is 1.29 bits per heavy atom. The van der Waals surface area contributed by atoms with Gasteiger partial charge in [-0.1, -0.05) is 27.9 Å². The average molecular weight is 109 g/mol. The fraction of sp³-hybridized carbons (Fsp3) is 1.00. The molecule has 0 fully saturated rings. The smallest absolute Gasteiger partial charge is 0.668 e. The SMILES string of the molecule is C[N-][Si](C)(C)C.[Li+]. The maximum absolute atomic E-state index is 4.16. The van der Waals surface area contributed by atoms with Crippen molar-refractivity contribution in [2.24, 2.45) is 0 Å². The standard InChI is InChI=1S/C4H12NSi.Li/c1-5-6(2,3)4;/h1-4H3;/q-1;+1. The molecule has 0 N–H and O–H groups in total. The largest absolute Gasteiger partial charge is 1.00 e. The molecule has 0 heterocycles. The molecule has 0 aliphatic carbocycles. The Labute approximate surface area is 59.1 Å². The zero-order chi connectivity index (χ0) is 5.21. The third kappa shape index (κ3) is 10.8. The van der Waals surface area contributed by atoms with E-state index in [0.29, 0.717) is 0 Å². The average Bonchev–Trinajstić information content (AvgIpc) is 1.35. The Balaban J connectivity index is 0. The van der Waals surface area contributed by atoms with E-state index in [2.05, 4.69) is 24.6 Å². The molecule has 3 heteroatoms. The van der Waals surface area contributed by atoms with Crippen molar-refractivity contribution in [2.45, 2.75) is 19.6 Å². The Morgan fingerprint density at radius 2 is 1.29 bits per heavy atom. The molecule has 0 bridgehead atoms. The quantitative estimate of drug-likeness (QED) is 0.377. The van der Waals surface area contributed by atoms with Crippen LogP contribution in [-0.4, -0.2) is 15.3 Å². The fourth-order valence-corrected chi connectivity index (χ4v) is 0. The molecule has 0 aliphatic heterocycles. The molecular weight excluding hydrogens is 97.1 g/mol. The molecule has 0 amide bonds. The number of hydrogen-bond acceptors (Lipinski definition) is 0. The van der Waals surface area contributed by atoms with Crippen molar-refractivity contribution in [3.8, 4) is 0 Å². The number of nitrogens with zero attached hydrogens (tertiary/aromatic N) is 1. The summed E-state index contributed by atoms with van der Waals surface area (Å²) in [5, 5.41) is 0. The molecule has 0 aromatic rings. The van der Waals surface area contributed by atoms with Crippen molar-refractivity contribution < 1.29 is 18.9 Å². The van der Waals surface area contributed by atoms with E-state index in [9.17, 15) is 0 Å². The van der Waals surface area contributed by atoms with E-state index in [-0.39, 0.29) is 18.9 Å². The first-order valence-corrected chi connectivity index (χ1v) is 5.62. The van der Waals surface area contributed by atoms with Crippen LogP contribution in [-0.2, 0) is 0 Å². The van der Waals surface area contributed by atoms with Gasteiger partial charge in [0.2, 0.25) is 0 Å². The molecule has 0 radical (unpaired) electrons. The maximum Gasteiger partial charge on any atom is 1.00 e. The van der Waals surface area contributed by atoms with Crippen LogP contribution in [0, 0.1) is 0 Å². The minimum atomic E-state index is -1.01. The summed E-state index contributed by atoms with van der Waals surface area (Å²) < 4.78 is 0. The molecule has 0 spiro atoms. The second-order valence-corrected chi connectivity index (χ2v) is 7.18. The minimum Gasteiger partial charge on any atom is -0.668 e. The monoisotopic (exact) mass is 109 g/mol. The van der Waals surface area contributed by atoms with Gasteiger partial charge < -0.3 is 4.98 Å². The molecule has 0 aromatic carbocycles. The summed E-state index contributed by atoms with van der Waals surface area (Å²) in [5.41, 5.74) is 0. The molecule has 38 valence electrons. The van der Waals surface area contributed by atoms with Crippen LogP contribution in [0.25, 0.3) is 4.98 Å². The minimum absolute atomic E-state index is 0. The van der Waals surface area contributed by atoms with Gasteiger partial charge in [-0.05, 0) is 0 Å². The van der Waals surface area contributed by atoms with Gasteiger partial charge >= 0.3 is 18.9 Å². The summed E-state index contributed by atoms with van der Waals surface area (Å²) in [6.45, 7) is 6.65. The molecule has 0 saturated heterocycles. The number of hydrogen-bond donors (Lipinski definition) is 0. The van der Waals surface area contributed by atoms with Crippen molar-refractivity contribution in [1.82, 2.24) is 0 Å². The van der Waals surface area contributed by atoms with Gasteiger partial charge in [0, 0.05) is 0 Å². The summed E-state index contributed by atoms with van der Waals surface area (Å²) >= 11 is 0. The summed E-state index contributed by atoms with van der Waals surface area (Å²) in [7, 11) is 0.889. The third-order valence-electron chi connectivity index (χ3n) is 0.671. The summed E-state index contributed by atoms with van der Waals surface area (Å²) in [4.78, 5) is 4.16. The fourth-order valence-electron chi connectivity index (χ4n) is 0. The predicted molar refractivity (Wildman–Crippen MR) is 32.6 cm³/mol. The maximum atomic E-state index is 4.16. The molecule has 1 nitrogen and oxygen atoms in total. The van der Waals surface area contributed by atoms with Gasteiger partial charge in [-0.15, -0.1) is 0 Å². The molecule has 0 aromatic heterocycles. The van der Waals surface area contributed by atoms with E-state index in [1.54, 1.807) is 0 Å². The Hall–Kier alpha value is 0.774. The molecule has 0 unspecified atom stereocenters. The van der Waals surface area contributed by atoms with Gasteiger partial charge in [-0.2, -0.15) is 7.05 Å². The van der Waals surface area contributed by atoms with Gasteiger partial charge in [0.1, 0.15) is 0 Å². The Kier molecular flexibility index (Phi) is 5.71. The van der Waals surface area contributed by atoms with Gasteiger partial charge in [-0.3, -0.25) is 0 Å². The molecule has 0 atom stereocenters. The third-order valence-corrected chi connectivity index (χ3v) is 2.01. The second-order valence-electron chi connectivity index (χ2n) is 2.39.